The zero-order valence-electron chi connectivity index (χ0n) is 11.2. The molecule has 0 aliphatic heterocycles. The molecule has 2 aromatic heterocycles. The number of rotatable bonds is 6. The van der Waals surface area contributed by atoms with Gasteiger partial charge in [-0.25, -0.2) is 4.98 Å². The van der Waals surface area contributed by atoms with Crippen molar-refractivity contribution in [1.82, 2.24) is 14.9 Å². The van der Waals surface area contributed by atoms with Gasteiger partial charge < -0.3 is 9.88 Å². The quantitative estimate of drug-likeness (QED) is 0.866. The minimum Gasteiger partial charge on any atom is -0.336 e. The summed E-state index contributed by atoms with van der Waals surface area (Å²) in [5, 5.41) is 5.86. The second kappa shape index (κ2) is 6.16. The molecule has 0 aromatic carbocycles. The lowest BCUT2D eigenvalue weighted by Crippen LogP contribution is -2.35. The highest BCUT2D eigenvalue weighted by Gasteiger charge is 2.18. The van der Waals surface area contributed by atoms with Gasteiger partial charge in [-0.05, 0) is 24.3 Å². The van der Waals surface area contributed by atoms with E-state index in [4.69, 9.17) is 0 Å². The average molecular weight is 263 g/mol. The van der Waals surface area contributed by atoms with Crippen LogP contribution in [0.1, 0.15) is 31.7 Å². The molecule has 98 valence electrons. The molecule has 0 fully saturated rings. The molecule has 0 radical (unpaired) electrons. The average Bonchev–Trinajstić information content (AvgIpc) is 2.97. The minimum absolute atomic E-state index is 0.425. The van der Waals surface area contributed by atoms with E-state index in [1.807, 2.05) is 30.1 Å². The highest BCUT2D eigenvalue weighted by Crippen LogP contribution is 2.26. The van der Waals surface area contributed by atoms with E-state index in [1.54, 1.807) is 0 Å². The summed E-state index contributed by atoms with van der Waals surface area (Å²) in [7, 11) is 0. The number of thiophene rings is 1. The summed E-state index contributed by atoms with van der Waals surface area (Å²) in [5.74, 6) is 0.592. The van der Waals surface area contributed by atoms with Crippen LogP contribution in [-0.4, -0.2) is 15.6 Å². The van der Waals surface area contributed by atoms with Crippen LogP contribution in [-0.2, 0) is 6.54 Å². The monoisotopic (exact) mass is 263 g/mol. The second-order valence-corrected chi connectivity index (χ2v) is 6.04. The maximum absolute atomic E-state index is 4.08. The lowest BCUT2D eigenvalue weighted by Gasteiger charge is -2.26. The van der Waals surface area contributed by atoms with Crippen LogP contribution < -0.4 is 5.32 Å². The Hall–Kier alpha value is -1.13. The lowest BCUT2D eigenvalue weighted by atomic mass is 10.0. The van der Waals surface area contributed by atoms with Crippen molar-refractivity contribution < 1.29 is 0 Å². The molecular weight excluding hydrogens is 242 g/mol. The van der Waals surface area contributed by atoms with Crippen molar-refractivity contribution in [1.29, 1.82) is 0 Å². The lowest BCUT2D eigenvalue weighted by molar-refractivity contribution is 0.352. The predicted octanol–water partition coefficient (Wildman–Crippen LogP) is 3.32. The van der Waals surface area contributed by atoms with E-state index in [0.29, 0.717) is 18.0 Å². The first kappa shape index (κ1) is 13.3. The van der Waals surface area contributed by atoms with Gasteiger partial charge in [0.25, 0.3) is 0 Å². The van der Waals surface area contributed by atoms with Gasteiger partial charge in [0.15, 0.2) is 0 Å². The Morgan fingerprint density at radius 1 is 1.39 bits per heavy atom. The molecule has 0 spiro atoms. The Balaban J connectivity index is 1.97. The van der Waals surface area contributed by atoms with Gasteiger partial charge in [0, 0.05) is 35.9 Å². The molecule has 0 saturated carbocycles. The van der Waals surface area contributed by atoms with Crippen LogP contribution in [0.15, 0.2) is 36.2 Å². The third-order valence-electron chi connectivity index (χ3n) is 3.02. The fraction of sp³-hybridized carbons (Fsp3) is 0.500. The highest BCUT2D eigenvalue weighted by atomic mass is 32.1. The van der Waals surface area contributed by atoms with Gasteiger partial charge >= 0.3 is 0 Å². The molecule has 0 amide bonds. The van der Waals surface area contributed by atoms with Crippen LogP contribution in [0.5, 0.6) is 0 Å². The van der Waals surface area contributed by atoms with Gasteiger partial charge in [-0.15, -0.1) is 11.3 Å². The third kappa shape index (κ3) is 3.43. The van der Waals surface area contributed by atoms with E-state index in [-0.39, 0.29) is 0 Å². The van der Waals surface area contributed by atoms with Gasteiger partial charge in [0.1, 0.15) is 0 Å². The first-order chi connectivity index (χ1) is 8.66. The van der Waals surface area contributed by atoms with Crippen molar-refractivity contribution in [2.75, 3.05) is 0 Å². The van der Waals surface area contributed by atoms with Crippen LogP contribution in [0.3, 0.4) is 0 Å². The van der Waals surface area contributed by atoms with Gasteiger partial charge in [-0.2, -0.15) is 0 Å². The van der Waals surface area contributed by atoms with Crippen molar-refractivity contribution in [3.8, 4) is 0 Å². The molecule has 2 unspecified atom stereocenters. The summed E-state index contributed by atoms with van der Waals surface area (Å²) >= 11 is 1.83. The molecule has 18 heavy (non-hydrogen) atoms. The van der Waals surface area contributed by atoms with Crippen molar-refractivity contribution >= 4 is 11.3 Å². The van der Waals surface area contributed by atoms with Crippen molar-refractivity contribution in [2.24, 2.45) is 5.92 Å². The van der Waals surface area contributed by atoms with E-state index in [1.165, 1.54) is 4.88 Å². The van der Waals surface area contributed by atoms with E-state index < -0.39 is 0 Å². The zero-order chi connectivity index (χ0) is 13.0. The van der Waals surface area contributed by atoms with Crippen LogP contribution in [0.25, 0.3) is 0 Å². The number of imidazole rings is 1. The van der Waals surface area contributed by atoms with E-state index >= 15 is 0 Å². The molecule has 0 aliphatic carbocycles. The first-order valence-corrected chi connectivity index (χ1v) is 7.30. The molecule has 1 N–H and O–H groups in total. The number of nitrogens with zero attached hydrogens (tertiary/aromatic N) is 2. The molecule has 3 nitrogen and oxygen atoms in total. The Labute approximate surface area is 113 Å². The largest absolute Gasteiger partial charge is 0.336 e. The summed E-state index contributed by atoms with van der Waals surface area (Å²) in [6, 6.07) is 5.20. The van der Waals surface area contributed by atoms with Crippen molar-refractivity contribution in [3.63, 3.8) is 0 Å². The molecule has 0 bridgehead atoms. The Kier molecular flexibility index (Phi) is 4.55. The highest BCUT2D eigenvalue weighted by molar-refractivity contribution is 7.10. The minimum atomic E-state index is 0.425. The van der Waals surface area contributed by atoms with Crippen LogP contribution in [0.4, 0.5) is 0 Å². The topological polar surface area (TPSA) is 29.9 Å². The van der Waals surface area contributed by atoms with Crippen molar-refractivity contribution in [3.05, 3.63) is 41.1 Å². The fourth-order valence-corrected chi connectivity index (χ4v) is 3.10. The Bertz CT molecular complexity index is 434. The molecule has 0 aliphatic rings. The molecule has 4 heteroatoms. The maximum Gasteiger partial charge on any atom is 0.0946 e. The number of hydrogen-bond donors (Lipinski definition) is 1. The van der Waals surface area contributed by atoms with Gasteiger partial charge in [0.2, 0.25) is 0 Å². The Morgan fingerprint density at radius 2 is 2.22 bits per heavy atom. The molecule has 2 atom stereocenters. The molecule has 2 aromatic rings. The second-order valence-electron chi connectivity index (χ2n) is 5.06. The molecule has 2 rings (SSSR count). The predicted molar refractivity (Wildman–Crippen MR) is 76.7 cm³/mol. The summed E-state index contributed by atoms with van der Waals surface area (Å²) < 4.78 is 2.11. The number of hydrogen-bond acceptors (Lipinski definition) is 3. The molecular formula is C14H21N3S. The van der Waals surface area contributed by atoms with E-state index in [2.05, 4.69) is 53.2 Å². The summed E-state index contributed by atoms with van der Waals surface area (Å²) in [6.45, 7) is 7.71. The summed E-state index contributed by atoms with van der Waals surface area (Å²) in [6.07, 6.45) is 5.70. The summed E-state index contributed by atoms with van der Waals surface area (Å²) in [5.41, 5.74) is 0. The Morgan fingerprint density at radius 3 is 2.78 bits per heavy atom. The van der Waals surface area contributed by atoms with Gasteiger partial charge in [0.05, 0.1) is 6.33 Å². The molecule has 2 heterocycles. The van der Waals surface area contributed by atoms with Crippen LogP contribution in [0.2, 0.25) is 0 Å². The molecule has 0 saturated heterocycles. The maximum atomic E-state index is 4.08. The third-order valence-corrected chi connectivity index (χ3v) is 3.98. The van der Waals surface area contributed by atoms with Gasteiger partial charge in [-0.1, -0.05) is 19.9 Å². The zero-order valence-corrected chi connectivity index (χ0v) is 12.0. The normalized spacial score (nSPS) is 14.9. The standard InChI is InChI=1S/C14H21N3S/c1-11(2)14(13-5-4-8-18-13)16-12(3)9-17-7-6-15-10-17/h4-8,10-12,14,16H,9H2,1-3H3. The van der Waals surface area contributed by atoms with E-state index in [0.717, 1.165) is 6.54 Å². The van der Waals surface area contributed by atoms with Crippen molar-refractivity contribution in [2.45, 2.75) is 39.4 Å². The smallest absolute Gasteiger partial charge is 0.0946 e. The first-order valence-electron chi connectivity index (χ1n) is 6.42. The number of aromatic nitrogens is 2. The summed E-state index contributed by atoms with van der Waals surface area (Å²) in [4.78, 5) is 5.50. The van der Waals surface area contributed by atoms with Crippen LogP contribution in [0, 0.1) is 5.92 Å². The fourth-order valence-electron chi connectivity index (χ4n) is 2.14. The van der Waals surface area contributed by atoms with Gasteiger partial charge in [-0.3, -0.25) is 0 Å². The number of nitrogens with one attached hydrogen (secondary N) is 1. The SMILES string of the molecule is CC(Cn1ccnc1)NC(c1cccs1)C(C)C. The van der Waals surface area contributed by atoms with E-state index in [9.17, 15) is 0 Å². The van der Waals surface area contributed by atoms with Crippen LogP contribution >= 0.6 is 11.3 Å².